The van der Waals surface area contributed by atoms with Crippen LogP contribution in [0.2, 0.25) is 0 Å². The zero-order chi connectivity index (χ0) is 21.3. The SMILES string of the molecule is Cc1nn(Cn2ccc(C(=O)N3CCN(Cc4ccco4)CC3)n2)c(C)c1[N+](=O)[O-]. The predicted octanol–water partition coefficient (Wildman–Crippen LogP) is 1.66. The van der Waals surface area contributed by atoms with Crippen molar-refractivity contribution < 1.29 is 14.1 Å². The van der Waals surface area contributed by atoms with Gasteiger partial charge >= 0.3 is 5.69 Å². The summed E-state index contributed by atoms with van der Waals surface area (Å²) < 4.78 is 8.46. The molecule has 0 atom stereocenters. The minimum atomic E-state index is -0.433. The minimum Gasteiger partial charge on any atom is -0.468 e. The second-order valence-electron chi connectivity index (χ2n) is 7.31. The summed E-state index contributed by atoms with van der Waals surface area (Å²) in [5.74, 6) is 0.795. The lowest BCUT2D eigenvalue weighted by molar-refractivity contribution is -0.386. The van der Waals surface area contributed by atoms with Gasteiger partial charge in [0, 0.05) is 32.4 Å². The fraction of sp³-hybridized carbons (Fsp3) is 0.421. The minimum absolute atomic E-state index is 0.00544. The van der Waals surface area contributed by atoms with Crippen LogP contribution < -0.4 is 0 Å². The Morgan fingerprint density at radius 2 is 1.97 bits per heavy atom. The summed E-state index contributed by atoms with van der Waals surface area (Å²) in [7, 11) is 0. The number of aromatic nitrogens is 4. The third-order valence-corrected chi connectivity index (χ3v) is 5.28. The molecule has 0 spiro atoms. The third-order valence-electron chi connectivity index (χ3n) is 5.28. The van der Waals surface area contributed by atoms with Gasteiger partial charge in [-0.15, -0.1) is 0 Å². The number of nitrogens with zero attached hydrogens (tertiary/aromatic N) is 7. The van der Waals surface area contributed by atoms with Gasteiger partial charge in [0.15, 0.2) is 0 Å². The molecule has 0 N–H and O–H groups in total. The van der Waals surface area contributed by atoms with Crippen molar-refractivity contribution in [2.24, 2.45) is 0 Å². The number of piperazine rings is 1. The van der Waals surface area contributed by atoms with E-state index in [0.717, 1.165) is 25.4 Å². The maximum Gasteiger partial charge on any atom is 0.312 e. The number of aryl methyl sites for hydroxylation is 1. The van der Waals surface area contributed by atoms with E-state index in [1.807, 2.05) is 12.1 Å². The molecule has 30 heavy (non-hydrogen) atoms. The van der Waals surface area contributed by atoms with Crippen molar-refractivity contribution in [1.82, 2.24) is 29.4 Å². The molecule has 0 bridgehead atoms. The Bertz CT molecular complexity index is 1050. The van der Waals surface area contributed by atoms with Crippen LogP contribution in [0.25, 0.3) is 0 Å². The Kier molecular flexibility index (Phi) is 5.36. The zero-order valence-corrected chi connectivity index (χ0v) is 16.9. The molecule has 0 radical (unpaired) electrons. The van der Waals surface area contributed by atoms with Crippen molar-refractivity contribution in [2.45, 2.75) is 27.1 Å². The zero-order valence-electron chi connectivity index (χ0n) is 16.9. The second kappa shape index (κ2) is 8.11. The van der Waals surface area contributed by atoms with Crippen molar-refractivity contribution in [3.63, 3.8) is 0 Å². The molecule has 0 aliphatic carbocycles. The van der Waals surface area contributed by atoms with E-state index < -0.39 is 4.92 Å². The Balaban J connectivity index is 1.37. The van der Waals surface area contributed by atoms with E-state index in [1.165, 1.54) is 4.68 Å². The lowest BCUT2D eigenvalue weighted by atomic mass is 10.2. The number of hydrogen-bond donors (Lipinski definition) is 0. The summed E-state index contributed by atoms with van der Waals surface area (Å²) in [5.41, 5.74) is 1.17. The van der Waals surface area contributed by atoms with Gasteiger partial charge < -0.3 is 9.32 Å². The Labute approximate surface area is 172 Å². The summed E-state index contributed by atoms with van der Waals surface area (Å²) in [6, 6.07) is 5.48. The van der Waals surface area contributed by atoms with Gasteiger partial charge in [-0.3, -0.25) is 24.5 Å². The topological polar surface area (TPSA) is 115 Å². The smallest absolute Gasteiger partial charge is 0.312 e. The van der Waals surface area contributed by atoms with Gasteiger partial charge in [0.05, 0.1) is 17.7 Å². The number of carbonyl (C=O) groups excluding carboxylic acids is 1. The van der Waals surface area contributed by atoms with Crippen LogP contribution in [0.15, 0.2) is 35.1 Å². The highest BCUT2D eigenvalue weighted by atomic mass is 16.6. The lowest BCUT2D eigenvalue weighted by Gasteiger charge is -2.33. The van der Waals surface area contributed by atoms with Crippen LogP contribution in [0, 0.1) is 24.0 Å². The first-order valence-electron chi connectivity index (χ1n) is 9.68. The second-order valence-corrected chi connectivity index (χ2v) is 7.31. The van der Waals surface area contributed by atoms with Crippen molar-refractivity contribution in [3.8, 4) is 0 Å². The molecule has 1 fully saturated rings. The maximum absolute atomic E-state index is 12.8. The molecule has 0 aromatic carbocycles. The quantitative estimate of drug-likeness (QED) is 0.446. The molecular weight excluding hydrogens is 390 g/mol. The van der Waals surface area contributed by atoms with Gasteiger partial charge in [-0.05, 0) is 32.0 Å². The van der Waals surface area contributed by atoms with Gasteiger partial charge in [-0.2, -0.15) is 10.2 Å². The first kappa shape index (κ1) is 19.8. The summed E-state index contributed by atoms with van der Waals surface area (Å²) in [5, 5.41) is 19.7. The molecule has 1 amide bonds. The van der Waals surface area contributed by atoms with E-state index in [-0.39, 0.29) is 18.3 Å². The first-order chi connectivity index (χ1) is 14.4. The van der Waals surface area contributed by atoms with Gasteiger partial charge in [-0.25, -0.2) is 4.68 Å². The predicted molar refractivity (Wildman–Crippen MR) is 106 cm³/mol. The van der Waals surface area contributed by atoms with E-state index in [4.69, 9.17) is 4.42 Å². The normalized spacial score (nSPS) is 14.9. The van der Waals surface area contributed by atoms with Crippen molar-refractivity contribution in [1.29, 1.82) is 0 Å². The summed E-state index contributed by atoms with van der Waals surface area (Å²) in [4.78, 5) is 27.6. The summed E-state index contributed by atoms with van der Waals surface area (Å²) >= 11 is 0. The molecular formula is C19H23N7O4. The largest absolute Gasteiger partial charge is 0.468 e. The average Bonchev–Trinajstić information content (AvgIpc) is 3.44. The Morgan fingerprint density at radius 1 is 1.20 bits per heavy atom. The first-order valence-corrected chi connectivity index (χ1v) is 9.68. The van der Waals surface area contributed by atoms with Gasteiger partial charge in [0.1, 0.15) is 29.5 Å². The molecule has 4 rings (SSSR count). The fourth-order valence-electron chi connectivity index (χ4n) is 3.68. The van der Waals surface area contributed by atoms with Crippen LogP contribution in [0.1, 0.15) is 27.6 Å². The molecule has 11 heteroatoms. The Hall–Kier alpha value is -3.47. The summed E-state index contributed by atoms with van der Waals surface area (Å²) in [6.45, 7) is 6.96. The molecule has 1 saturated heterocycles. The van der Waals surface area contributed by atoms with Gasteiger partial charge in [-0.1, -0.05) is 0 Å². The number of carbonyl (C=O) groups is 1. The average molecular weight is 413 g/mol. The number of nitro groups is 1. The van der Waals surface area contributed by atoms with Crippen LogP contribution in [-0.4, -0.2) is 66.4 Å². The standard InChI is InChI=1S/C19H23N7O4/c1-14-18(26(28)29)15(2)25(20-14)13-24-6-5-17(21-24)19(27)23-9-7-22(8-10-23)12-16-4-3-11-30-16/h3-6,11H,7-10,12-13H2,1-2H3. The summed E-state index contributed by atoms with van der Waals surface area (Å²) in [6.07, 6.45) is 3.35. The van der Waals surface area contributed by atoms with E-state index >= 15 is 0 Å². The van der Waals surface area contributed by atoms with E-state index in [9.17, 15) is 14.9 Å². The Morgan fingerprint density at radius 3 is 2.60 bits per heavy atom. The number of rotatable bonds is 6. The number of furan rings is 1. The molecule has 0 unspecified atom stereocenters. The molecule has 4 heterocycles. The molecule has 0 saturated carbocycles. The van der Waals surface area contributed by atoms with Crippen molar-refractivity contribution in [3.05, 3.63) is 63.6 Å². The third kappa shape index (κ3) is 3.96. The fourth-order valence-corrected chi connectivity index (χ4v) is 3.68. The number of hydrogen-bond acceptors (Lipinski definition) is 7. The van der Waals surface area contributed by atoms with Crippen LogP contribution in [0.3, 0.4) is 0 Å². The number of amides is 1. The van der Waals surface area contributed by atoms with Crippen LogP contribution in [0.4, 0.5) is 5.69 Å². The van der Waals surface area contributed by atoms with Crippen molar-refractivity contribution >= 4 is 11.6 Å². The maximum atomic E-state index is 12.8. The molecule has 158 valence electrons. The molecule has 1 aliphatic rings. The van der Waals surface area contributed by atoms with E-state index in [1.54, 1.807) is 42.0 Å². The highest BCUT2D eigenvalue weighted by Crippen LogP contribution is 2.21. The van der Waals surface area contributed by atoms with Crippen molar-refractivity contribution in [2.75, 3.05) is 26.2 Å². The molecule has 11 nitrogen and oxygen atoms in total. The lowest BCUT2D eigenvalue weighted by Crippen LogP contribution is -2.48. The van der Waals surface area contributed by atoms with Crippen LogP contribution in [-0.2, 0) is 13.2 Å². The van der Waals surface area contributed by atoms with Crippen LogP contribution in [0.5, 0.6) is 0 Å². The van der Waals surface area contributed by atoms with Crippen LogP contribution >= 0.6 is 0 Å². The molecule has 3 aromatic heterocycles. The molecule has 3 aromatic rings. The van der Waals surface area contributed by atoms with Gasteiger partial charge in [0.2, 0.25) is 0 Å². The van der Waals surface area contributed by atoms with Gasteiger partial charge in [0.25, 0.3) is 5.91 Å². The van der Waals surface area contributed by atoms with E-state index in [2.05, 4.69) is 15.1 Å². The highest BCUT2D eigenvalue weighted by molar-refractivity contribution is 5.92. The highest BCUT2D eigenvalue weighted by Gasteiger charge is 2.25. The van der Waals surface area contributed by atoms with E-state index in [0.29, 0.717) is 30.2 Å². The monoisotopic (exact) mass is 413 g/mol. The molecule has 1 aliphatic heterocycles.